The second-order valence-corrected chi connectivity index (χ2v) is 6.83. The Hall–Kier alpha value is -2.50. The van der Waals surface area contributed by atoms with Gasteiger partial charge in [0.15, 0.2) is 11.5 Å². The predicted octanol–water partition coefficient (Wildman–Crippen LogP) is 5.27. The minimum atomic E-state index is -0.290. The molecular formula is C23H34N2O4. The molecule has 0 saturated carbocycles. The first kappa shape index (κ1) is 22.8. The van der Waals surface area contributed by atoms with Crippen LogP contribution in [0.5, 0.6) is 17.2 Å². The summed E-state index contributed by atoms with van der Waals surface area (Å²) in [5.41, 5.74) is 5.38. The maximum absolute atomic E-state index is 12.8. The highest BCUT2D eigenvalue weighted by Gasteiger charge is 2.19. The Morgan fingerprint density at radius 1 is 1.00 bits per heavy atom. The topological polar surface area (TPSA) is 69.2 Å². The lowest BCUT2D eigenvalue weighted by atomic mass is 10.1. The van der Waals surface area contributed by atoms with Gasteiger partial charge in [-0.05, 0) is 64.2 Å². The molecule has 0 bridgehead atoms. The van der Waals surface area contributed by atoms with Gasteiger partial charge in [-0.2, -0.15) is 5.10 Å². The van der Waals surface area contributed by atoms with Gasteiger partial charge in [0.2, 0.25) is 5.75 Å². The van der Waals surface area contributed by atoms with Crippen molar-refractivity contribution in [1.82, 2.24) is 5.43 Å². The summed E-state index contributed by atoms with van der Waals surface area (Å²) in [6.07, 6.45) is 8.68. The van der Waals surface area contributed by atoms with Crippen molar-refractivity contribution in [1.29, 1.82) is 0 Å². The molecule has 1 aliphatic carbocycles. The summed E-state index contributed by atoms with van der Waals surface area (Å²) in [7, 11) is 0. The molecule has 1 aromatic carbocycles. The van der Waals surface area contributed by atoms with Crippen molar-refractivity contribution in [2.45, 2.75) is 66.2 Å². The molecule has 160 valence electrons. The molecular weight excluding hydrogens is 368 g/mol. The molecule has 0 aliphatic heterocycles. The molecule has 0 fully saturated rings. The van der Waals surface area contributed by atoms with E-state index in [1.807, 2.05) is 20.8 Å². The second-order valence-electron chi connectivity index (χ2n) is 6.83. The van der Waals surface area contributed by atoms with Crippen LogP contribution < -0.4 is 19.6 Å². The highest BCUT2D eigenvalue weighted by molar-refractivity contribution is 6.03. The van der Waals surface area contributed by atoms with Gasteiger partial charge in [-0.25, -0.2) is 5.43 Å². The molecule has 0 atom stereocenters. The number of hydrazone groups is 1. The van der Waals surface area contributed by atoms with Crippen LogP contribution in [0.3, 0.4) is 0 Å². The Balaban J connectivity index is 2.18. The van der Waals surface area contributed by atoms with E-state index in [1.54, 1.807) is 12.1 Å². The fourth-order valence-corrected chi connectivity index (χ4v) is 3.30. The molecule has 6 heteroatoms. The van der Waals surface area contributed by atoms with Crippen LogP contribution in [0, 0.1) is 0 Å². The van der Waals surface area contributed by atoms with Crippen molar-refractivity contribution in [2.75, 3.05) is 19.8 Å². The first-order valence-electron chi connectivity index (χ1n) is 10.8. The van der Waals surface area contributed by atoms with Crippen molar-refractivity contribution >= 4 is 11.6 Å². The zero-order valence-corrected chi connectivity index (χ0v) is 18.2. The lowest BCUT2D eigenvalue weighted by Gasteiger charge is -2.16. The van der Waals surface area contributed by atoms with Crippen molar-refractivity contribution in [3.8, 4) is 17.2 Å². The molecule has 1 N–H and O–H groups in total. The normalized spacial score (nSPS) is 14.6. The molecule has 0 radical (unpaired) electrons. The van der Waals surface area contributed by atoms with E-state index < -0.39 is 0 Å². The smallest absolute Gasteiger partial charge is 0.271 e. The average Bonchev–Trinajstić information content (AvgIpc) is 3.16. The fraction of sp³-hybridized carbons (Fsp3) is 0.565. The van der Waals surface area contributed by atoms with E-state index in [2.05, 4.69) is 23.5 Å². The van der Waals surface area contributed by atoms with Crippen LogP contribution in [0.2, 0.25) is 0 Å². The number of nitrogens with zero attached hydrogens (tertiary/aromatic N) is 1. The third-order valence-corrected chi connectivity index (χ3v) is 4.66. The lowest BCUT2D eigenvalue weighted by molar-refractivity contribution is 0.0953. The monoisotopic (exact) mass is 402 g/mol. The number of carbonyl (C=O) groups excluding carboxylic acids is 1. The standard InChI is InChI=1S/C23H34N2O4/c1-5-9-10-12-17-13-11-14-19(17)24-25-23(26)18-15-20(27-6-2)22(29-8-4)21(16-18)28-7-3/h13,15-16H,5-12,14H2,1-4H3,(H,25,26)/b24-19-. The van der Waals surface area contributed by atoms with E-state index >= 15 is 0 Å². The number of nitrogens with one attached hydrogen (secondary N) is 1. The molecule has 0 heterocycles. The Morgan fingerprint density at radius 2 is 1.66 bits per heavy atom. The molecule has 0 unspecified atom stereocenters. The number of carbonyl (C=O) groups is 1. The number of rotatable bonds is 12. The second kappa shape index (κ2) is 12.1. The Bertz CT molecular complexity index is 713. The van der Waals surface area contributed by atoms with Gasteiger partial charge < -0.3 is 14.2 Å². The van der Waals surface area contributed by atoms with Crippen LogP contribution in [-0.2, 0) is 0 Å². The fourth-order valence-electron chi connectivity index (χ4n) is 3.30. The van der Waals surface area contributed by atoms with Crippen molar-refractivity contribution in [3.05, 3.63) is 29.3 Å². The maximum atomic E-state index is 12.8. The van der Waals surface area contributed by atoms with E-state index in [0.29, 0.717) is 42.6 Å². The summed E-state index contributed by atoms with van der Waals surface area (Å²) in [5.74, 6) is 1.23. The zero-order chi connectivity index (χ0) is 21.1. The van der Waals surface area contributed by atoms with Gasteiger partial charge >= 0.3 is 0 Å². The SMILES string of the molecule is CCCCCC1=CCC/C1=N/NC(=O)c1cc(OCC)c(OCC)c(OCC)c1. The van der Waals surface area contributed by atoms with E-state index in [0.717, 1.165) is 31.4 Å². The summed E-state index contributed by atoms with van der Waals surface area (Å²) < 4.78 is 17.1. The molecule has 0 spiro atoms. The predicted molar refractivity (Wildman–Crippen MR) is 116 cm³/mol. The quantitative estimate of drug-likeness (QED) is 0.382. The van der Waals surface area contributed by atoms with Gasteiger partial charge in [0, 0.05) is 5.56 Å². The number of hydrogen-bond acceptors (Lipinski definition) is 5. The number of amides is 1. The Labute approximate surface area is 174 Å². The van der Waals surface area contributed by atoms with Crippen LogP contribution in [0.4, 0.5) is 0 Å². The van der Waals surface area contributed by atoms with Gasteiger partial charge in [-0.3, -0.25) is 4.79 Å². The third kappa shape index (κ3) is 6.51. The first-order chi connectivity index (χ1) is 14.1. The molecule has 0 aromatic heterocycles. The minimum absolute atomic E-state index is 0.290. The average molecular weight is 403 g/mol. The van der Waals surface area contributed by atoms with Crippen LogP contribution in [-0.4, -0.2) is 31.4 Å². The molecule has 1 aliphatic rings. The minimum Gasteiger partial charge on any atom is -0.490 e. The number of benzene rings is 1. The molecule has 2 rings (SSSR count). The van der Waals surface area contributed by atoms with Crippen molar-refractivity contribution in [2.24, 2.45) is 5.10 Å². The van der Waals surface area contributed by atoms with Gasteiger partial charge in [0.05, 0.1) is 25.5 Å². The Morgan fingerprint density at radius 3 is 2.24 bits per heavy atom. The van der Waals surface area contributed by atoms with Crippen molar-refractivity contribution < 1.29 is 19.0 Å². The van der Waals surface area contributed by atoms with E-state index in [-0.39, 0.29) is 5.91 Å². The maximum Gasteiger partial charge on any atom is 0.271 e. The van der Waals surface area contributed by atoms with E-state index in [4.69, 9.17) is 14.2 Å². The van der Waals surface area contributed by atoms with Gasteiger partial charge in [-0.1, -0.05) is 25.8 Å². The number of allylic oxidation sites excluding steroid dienone is 2. The summed E-state index contributed by atoms with van der Waals surface area (Å²) in [6, 6.07) is 3.36. The van der Waals surface area contributed by atoms with Crippen LogP contribution >= 0.6 is 0 Å². The summed E-state index contributed by atoms with van der Waals surface area (Å²) in [4.78, 5) is 12.8. The molecule has 1 amide bonds. The lowest BCUT2D eigenvalue weighted by Crippen LogP contribution is -2.20. The highest BCUT2D eigenvalue weighted by atomic mass is 16.5. The van der Waals surface area contributed by atoms with E-state index in [1.165, 1.54) is 18.4 Å². The van der Waals surface area contributed by atoms with Crippen LogP contribution in [0.1, 0.15) is 76.6 Å². The van der Waals surface area contributed by atoms with Gasteiger partial charge in [-0.15, -0.1) is 0 Å². The number of unbranched alkanes of at least 4 members (excludes halogenated alkanes) is 2. The van der Waals surface area contributed by atoms with E-state index in [9.17, 15) is 4.79 Å². The molecule has 29 heavy (non-hydrogen) atoms. The van der Waals surface area contributed by atoms with Gasteiger partial charge in [0.1, 0.15) is 0 Å². The Kier molecular flexibility index (Phi) is 9.54. The number of ether oxygens (including phenoxy) is 3. The zero-order valence-electron chi connectivity index (χ0n) is 18.2. The molecule has 1 aromatic rings. The number of hydrogen-bond donors (Lipinski definition) is 1. The van der Waals surface area contributed by atoms with Gasteiger partial charge in [0.25, 0.3) is 5.91 Å². The molecule has 6 nitrogen and oxygen atoms in total. The third-order valence-electron chi connectivity index (χ3n) is 4.66. The first-order valence-corrected chi connectivity index (χ1v) is 10.8. The van der Waals surface area contributed by atoms with Crippen molar-refractivity contribution in [3.63, 3.8) is 0 Å². The van der Waals surface area contributed by atoms with Crippen LogP contribution in [0.25, 0.3) is 0 Å². The summed E-state index contributed by atoms with van der Waals surface area (Å²) in [5, 5.41) is 4.41. The molecule has 0 saturated heterocycles. The summed E-state index contributed by atoms with van der Waals surface area (Å²) >= 11 is 0. The summed E-state index contributed by atoms with van der Waals surface area (Å²) in [6.45, 7) is 9.28. The largest absolute Gasteiger partial charge is 0.490 e. The highest BCUT2D eigenvalue weighted by Crippen LogP contribution is 2.39. The van der Waals surface area contributed by atoms with Crippen LogP contribution in [0.15, 0.2) is 28.9 Å².